The van der Waals surface area contributed by atoms with Crippen LogP contribution in [0.5, 0.6) is 0 Å². The molecule has 0 fully saturated rings. The van der Waals surface area contributed by atoms with Gasteiger partial charge in [-0.05, 0) is 12.0 Å². The van der Waals surface area contributed by atoms with Crippen molar-refractivity contribution in [1.82, 2.24) is 0 Å². The standard InChI is InChI=1S/C10H12BrNO4S/c1-17(15,16)7-9(11)6-8-2-4-10(5-3-8)12(13)14/h2-5,9H,6-7H2,1H3. The molecule has 5 nitrogen and oxygen atoms in total. The summed E-state index contributed by atoms with van der Waals surface area (Å²) in [5.41, 5.74) is 0.893. The number of nitro groups is 1. The Morgan fingerprint density at radius 2 is 1.88 bits per heavy atom. The van der Waals surface area contributed by atoms with Crippen LogP contribution < -0.4 is 0 Å². The van der Waals surface area contributed by atoms with Crippen molar-refractivity contribution in [3.05, 3.63) is 39.9 Å². The summed E-state index contributed by atoms with van der Waals surface area (Å²) in [7, 11) is -3.02. The third-order valence-corrected chi connectivity index (χ3v) is 4.17. The fourth-order valence-electron chi connectivity index (χ4n) is 1.40. The second-order valence-corrected chi connectivity index (χ2v) is 7.30. The predicted octanol–water partition coefficient (Wildman–Crippen LogP) is 1.95. The number of nitrogens with zero attached hydrogens (tertiary/aromatic N) is 1. The van der Waals surface area contributed by atoms with E-state index in [1.54, 1.807) is 12.1 Å². The summed E-state index contributed by atoms with van der Waals surface area (Å²) in [5.74, 6) is 0.0456. The Balaban J connectivity index is 2.66. The average molecular weight is 322 g/mol. The topological polar surface area (TPSA) is 77.3 Å². The third kappa shape index (κ3) is 5.27. The van der Waals surface area contributed by atoms with E-state index in [2.05, 4.69) is 15.9 Å². The molecule has 0 aromatic heterocycles. The van der Waals surface area contributed by atoms with Crippen molar-refractivity contribution in [2.75, 3.05) is 12.0 Å². The predicted molar refractivity (Wildman–Crippen MR) is 69.2 cm³/mol. The molecule has 0 aliphatic heterocycles. The summed E-state index contributed by atoms with van der Waals surface area (Å²) in [6.45, 7) is 0. The number of sulfone groups is 1. The molecule has 0 radical (unpaired) electrons. The second kappa shape index (κ2) is 5.59. The number of hydrogen-bond acceptors (Lipinski definition) is 4. The molecule has 94 valence electrons. The van der Waals surface area contributed by atoms with Gasteiger partial charge in [-0.2, -0.15) is 0 Å². The van der Waals surface area contributed by atoms with E-state index in [0.717, 1.165) is 5.56 Å². The lowest BCUT2D eigenvalue weighted by atomic mass is 10.1. The number of benzene rings is 1. The highest BCUT2D eigenvalue weighted by molar-refractivity contribution is 9.09. The smallest absolute Gasteiger partial charge is 0.258 e. The highest BCUT2D eigenvalue weighted by Crippen LogP contribution is 2.16. The van der Waals surface area contributed by atoms with Crippen LogP contribution in [0.15, 0.2) is 24.3 Å². The number of non-ortho nitro benzene ring substituents is 1. The van der Waals surface area contributed by atoms with Crippen LogP contribution in [0.2, 0.25) is 0 Å². The van der Waals surface area contributed by atoms with Gasteiger partial charge in [0, 0.05) is 23.2 Å². The minimum Gasteiger partial charge on any atom is -0.258 e. The molecule has 0 N–H and O–H groups in total. The number of halogens is 1. The Morgan fingerprint density at radius 3 is 2.29 bits per heavy atom. The van der Waals surface area contributed by atoms with Crippen LogP contribution >= 0.6 is 15.9 Å². The first-order valence-electron chi connectivity index (χ1n) is 4.83. The van der Waals surface area contributed by atoms with Crippen molar-refractivity contribution in [2.24, 2.45) is 0 Å². The average Bonchev–Trinajstić information content (AvgIpc) is 2.15. The van der Waals surface area contributed by atoms with Crippen LogP contribution in [0, 0.1) is 10.1 Å². The molecular formula is C10H12BrNO4S. The first kappa shape index (κ1) is 14.1. The van der Waals surface area contributed by atoms with Crippen LogP contribution in [0.3, 0.4) is 0 Å². The zero-order valence-electron chi connectivity index (χ0n) is 9.17. The molecule has 0 bridgehead atoms. The highest BCUT2D eigenvalue weighted by Gasteiger charge is 2.13. The van der Waals surface area contributed by atoms with E-state index in [9.17, 15) is 18.5 Å². The van der Waals surface area contributed by atoms with Crippen molar-refractivity contribution < 1.29 is 13.3 Å². The molecule has 7 heteroatoms. The summed E-state index contributed by atoms with van der Waals surface area (Å²) in [5, 5.41) is 10.4. The van der Waals surface area contributed by atoms with E-state index in [-0.39, 0.29) is 16.3 Å². The Morgan fingerprint density at radius 1 is 1.35 bits per heavy atom. The fraction of sp³-hybridized carbons (Fsp3) is 0.400. The molecule has 0 aliphatic carbocycles. The largest absolute Gasteiger partial charge is 0.269 e. The van der Waals surface area contributed by atoms with Crippen LogP contribution in [0.4, 0.5) is 5.69 Å². The summed E-state index contributed by atoms with van der Waals surface area (Å²) in [6, 6.07) is 6.09. The summed E-state index contributed by atoms with van der Waals surface area (Å²) >= 11 is 3.28. The lowest BCUT2D eigenvalue weighted by Crippen LogP contribution is -2.16. The summed E-state index contributed by atoms with van der Waals surface area (Å²) < 4.78 is 22.1. The van der Waals surface area contributed by atoms with E-state index in [0.29, 0.717) is 6.42 Å². The lowest BCUT2D eigenvalue weighted by Gasteiger charge is -2.08. The summed E-state index contributed by atoms with van der Waals surface area (Å²) in [4.78, 5) is 9.79. The van der Waals surface area contributed by atoms with E-state index in [1.807, 2.05) is 0 Å². The molecule has 1 aromatic carbocycles. The van der Waals surface area contributed by atoms with E-state index in [1.165, 1.54) is 18.4 Å². The van der Waals surface area contributed by atoms with Crippen LogP contribution in [0.25, 0.3) is 0 Å². The van der Waals surface area contributed by atoms with E-state index < -0.39 is 14.8 Å². The van der Waals surface area contributed by atoms with E-state index >= 15 is 0 Å². The van der Waals surface area contributed by atoms with Crippen molar-refractivity contribution in [2.45, 2.75) is 11.2 Å². The van der Waals surface area contributed by atoms with E-state index in [4.69, 9.17) is 0 Å². The van der Waals surface area contributed by atoms with Gasteiger partial charge in [0.1, 0.15) is 9.84 Å². The van der Waals surface area contributed by atoms with Crippen molar-refractivity contribution >= 4 is 31.5 Å². The Bertz CT molecular complexity index is 498. The molecule has 0 saturated heterocycles. The van der Waals surface area contributed by atoms with Gasteiger partial charge in [-0.3, -0.25) is 10.1 Å². The monoisotopic (exact) mass is 321 g/mol. The molecule has 1 unspecified atom stereocenters. The van der Waals surface area contributed by atoms with Gasteiger partial charge in [-0.1, -0.05) is 28.1 Å². The minimum absolute atomic E-state index is 0.0305. The lowest BCUT2D eigenvalue weighted by molar-refractivity contribution is -0.384. The Kier molecular flexibility index (Phi) is 4.64. The highest BCUT2D eigenvalue weighted by atomic mass is 79.9. The molecule has 0 aliphatic rings. The maximum Gasteiger partial charge on any atom is 0.269 e. The Hall–Kier alpha value is -0.950. The maximum absolute atomic E-state index is 11.1. The van der Waals surface area contributed by atoms with Gasteiger partial charge in [-0.25, -0.2) is 8.42 Å². The molecular weight excluding hydrogens is 310 g/mol. The van der Waals surface area contributed by atoms with Crippen LogP contribution in [-0.2, 0) is 16.3 Å². The number of hydrogen-bond donors (Lipinski definition) is 0. The molecule has 0 saturated carbocycles. The van der Waals surface area contributed by atoms with Gasteiger partial charge in [0.25, 0.3) is 5.69 Å². The zero-order chi connectivity index (χ0) is 13.1. The van der Waals surface area contributed by atoms with Gasteiger partial charge >= 0.3 is 0 Å². The van der Waals surface area contributed by atoms with Gasteiger partial charge < -0.3 is 0 Å². The van der Waals surface area contributed by atoms with Crippen LogP contribution in [0.1, 0.15) is 5.56 Å². The molecule has 0 amide bonds. The minimum atomic E-state index is -3.02. The van der Waals surface area contributed by atoms with Crippen molar-refractivity contribution in [3.63, 3.8) is 0 Å². The molecule has 0 spiro atoms. The second-order valence-electron chi connectivity index (χ2n) is 3.82. The number of alkyl halides is 1. The maximum atomic E-state index is 11.1. The molecule has 0 heterocycles. The molecule has 17 heavy (non-hydrogen) atoms. The summed E-state index contributed by atoms with van der Waals surface area (Å²) in [6.07, 6.45) is 1.70. The number of rotatable bonds is 5. The van der Waals surface area contributed by atoms with Gasteiger partial charge in [0.15, 0.2) is 0 Å². The normalized spacial score (nSPS) is 13.3. The van der Waals surface area contributed by atoms with Gasteiger partial charge in [-0.15, -0.1) is 0 Å². The quantitative estimate of drug-likeness (QED) is 0.471. The SMILES string of the molecule is CS(=O)(=O)CC(Br)Cc1ccc([N+](=O)[O-])cc1. The van der Waals surface area contributed by atoms with Gasteiger partial charge in [0.2, 0.25) is 0 Å². The molecule has 1 rings (SSSR count). The molecule has 1 aromatic rings. The van der Waals surface area contributed by atoms with Crippen molar-refractivity contribution in [1.29, 1.82) is 0 Å². The fourth-order valence-corrected chi connectivity index (χ4v) is 3.99. The Labute approximate surface area is 108 Å². The first-order valence-corrected chi connectivity index (χ1v) is 7.80. The first-order chi connectivity index (χ1) is 7.78. The zero-order valence-corrected chi connectivity index (χ0v) is 11.6. The van der Waals surface area contributed by atoms with Crippen LogP contribution in [-0.4, -0.2) is 30.2 Å². The van der Waals surface area contributed by atoms with Crippen molar-refractivity contribution in [3.8, 4) is 0 Å². The van der Waals surface area contributed by atoms with Gasteiger partial charge in [0.05, 0.1) is 10.7 Å². The molecule has 1 atom stereocenters. The third-order valence-electron chi connectivity index (χ3n) is 2.09. The number of nitro benzene ring substituents is 1.